The highest BCUT2D eigenvalue weighted by atomic mass is 16.5. The Balaban J connectivity index is 2.58. The maximum atomic E-state index is 11.8. The number of pyridine rings is 1. The van der Waals surface area contributed by atoms with Gasteiger partial charge in [-0.05, 0) is 25.0 Å². The summed E-state index contributed by atoms with van der Waals surface area (Å²) in [5, 5.41) is 14.3. The van der Waals surface area contributed by atoms with Crippen LogP contribution >= 0.6 is 0 Å². The van der Waals surface area contributed by atoms with E-state index in [1.165, 1.54) is 14.0 Å². The molecular formula is C14H21N3O4. The van der Waals surface area contributed by atoms with Crippen LogP contribution in [0.25, 0.3) is 0 Å². The summed E-state index contributed by atoms with van der Waals surface area (Å²) in [4.78, 5) is 27.0. The minimum Gasteiger partial charge on any atom is -0.481 e. The molecule has 0 aliphatic rings. The number of hydrogen-bond acceptors (Lipinski definition) is 4. The molecular weight excluding hydrogens is 274 g/mol. The maximum absolute atomic E-state index is 11.8. The summed E-state index contributed by atoms with van der Waals surface area (Å²) < 4.78 is 4.99. The standard InChI is InChI=1S/C14H21N3O4/c1-4-6-14(2,12(18)19)17-13(20)16-9-10-5-7-15-11(8-10)21-3/h5,7-8H,4,6,9H2,1-3H3,(H,18,19)(H2,16,17,20). The van der Waals surface area contributed by atoms with Crippen molar-refractivity contribution in [3.8, 4) is 5.88 Å². The minimum atomic E-state index is -1.27. The van der Waals surface area contributed by atoms with Crippen LogP contribution in [0.1, 0.15) is 32.3 Å². The molecule has 0 radical (unpaired) electrons. The van der Waals surface area contributed by atoms with Crippen molar-refractivity contribution >= 4 is 12.0 Å². The third-order valence-electron chi connectivity index (χ3n) is 3.07. The van der Waals surface area contributed by atoms with E-state index in [2.05, 4.69) is 15.6 Å². The average Bonchev–Trinajstić information content (AvgIpc) is 2.45. The fourth-order valence-corrected chi connectivity index (χ4v) is 1.87. The van der Waals surface area contributed by atoms with Crippen LogP contribution in [-0.4, -0.2) is 34.7 Å². The first-order valence-electron chi connectivity index (χ1n) is 6.69. The van der Waals surface area contributed by atoms with Crippen molar-refractivity contribution in [2.45, 2.75) is 38.8 Å². The molecule has 7 heteroatoms. The van der Waals surface area contributed by atoms with Crippen LogP contribution in [0.2, 0.25) is 0 Å². The van der Waals surface area contributed by atoms with Crippen LogP contribution in [-0.2, 0) is 11.3 Å². The number of carboxylic acid groups (broad SMARTS) is 1. The maximum Gasteiger partial charge on any atom is 0.329 e. The van der Waals surface area contributed by atoms with E-state index in [0.29, 0.717) is 18.7 Å². The molecule has 0 saturated carbocycles. The van der Waals surface area contributed by atoms with E-state index < -0.39 is 17.5 Å². The number of nitrogens with one attached hydrogen (secondary N) is 2. The highest BCUT2D eigenvalue weighted by Crippen LogP contribution is 2.12. The van der Waals surface area contributed by atoms with Gasteiger partial charge in [-0.25, -0.2) is 14.6 Å². The molecule has 1 heterocycles. The molecule has 0 fully saturated rings. The van der Waals surface area contributed by atoms with Gasteiger partial charge in [-0.1, -0.05) is 13.3 Å². The Kier molecular flexibility index (Phi) is 5.95. The number of methoxy groups -OCH3 is 1. The zero-order chi connectivity index (χ0) is 15.9. The van der Waals surface area contributed by atoms with E-state index in [-0.39, 0.29) is 6.54 Å². The van der Waals surface area contributed by atoms with Crippen molar-refractivity contribution in [3.05, 3.63) is 23.9 Å². The molecule has 21 heavy (non-hydrogen) atoms. The van der Waals surface area contributed by atoms with Crippen molar-refractivity contribution in [1.82, 2.24) is 15.6 Å². The van der Waals surface area contributed by atoms with Gasteiger partial charge in [0.25, 0.3) is 0 Å². The highest BCUT2D eigenvalue weighted by molar-refractivity contribution is 5.85. The minimum absolute atomic E-state index is 0.256. The summed E-state index contributed by atoms with van der Waals surface area (Å²) in [5.74, 6) is -0.596. The number of nitrogens with zero attached hydrogens (tertiary/aromatic N) is 1. The number of ether oxygens (including phenoxy) is 1. The van der Waals surface area contributed by atoms with Gasteiger partial charge in [-0.2, -0.15) is 0 Å². The Morgan fingerprint density at radius 1 is 1.48 bits per heavy atom. The highest BCUT2D eigenvalue weighted by Gasteiger charge is 2.33. The van der Waals surface area contributed by atoms with Crippen molar-refractivity contribution in [2.75, 3.05) is 7.11 Å². The molecule has 0 saturated heterocycles. The molecule has 0 bridgehead atoms. The second-order valence-electron chi connectivity index (χ2n) is 4.90. The van der Waals surface area contributed by atoms with Crippen molar-refractivity contribution < 1.29 is 19.4 Å². The number of urea groups is 1. The van der Waals surface area contributed by atoms with Gasteiger partial charge in [0.1, 0.15) is 5.54 Å². The van der Waals surface area contributed by atoms with E-state index in [4.69, 9.17) is 4.74 Å². The number of rotatable bonds is 7. The first-order chi connectivity index (χ1) is 9.91. The lowest BCUT2D eigenvalue weighted by molar-refractivity contribution is -0.144. The SMILES string of the molecule is CCCC(C)(NC(=O)NCc1ccnc(OC)c1)C(=O)O. The van der Waals surface area contributed by atoms with E-state index >= 15 is 0 Å². The molecule has 7 nitrogen and oxygen atoms in total. The van der Waals surface area contributed by atoms with E-state index in [0.717, 1.165) is 5.56 Å². The second kappa shape index (κ2) is 7.47. The molecule has 0 aromatic carbocycles. The molecule has 1 unspecified atom stereocenters. The summed E-state index contributed by atoms with van der Waals surface area (Å²) in [6.45, 7) is 3.62. The first kappa shape index (κ1) is 16.7. The largest absolute Gasteiger partial charge is 0.481 e. The fraction of sp³-hybridized carbons (Fsp3) is 0.500. The molecule has 0 aliphatic heterocycles. The quantitative estimate of drug-likeness (QED) is 0.708. The summed E-state index contributed by atoms with van der Waals surface area (Å²) in [5.41, 5.74) is -0.459. The fourth-order valence-electron chi connectivity index (χ4n) is 1.87. The number of carbonyl (C=O) groups is 2. The van der Waals surface area contributed by atoms with Gasteiger partial charge in [-0.3, -0.25) is 0 Å². The Hall–Kier alpha value is -2.31. The summed E-state index contributed by atoms with van der Waals surface area (Å²) in [7, 11) is 1.51. The predicted octanol–water partition coefficient (Wildman–Crippen LogP) is 1.53. The predicted molar refractivity (Wildman–Crippen MR) is 77.1 cm³/mol. The molecule has 1 aromatic rings. The number of aliphatic carboxylic acids is 1. The van der Waals surface area contributed by atoms with Crippen molar-refractivity contribution in [3.63, 3.8) is 0 Å². The average molecular weight is 295 g/mol. The second-order valence-corrected chi connectivity index (χ2v) is 4.90. The van der Waals surface area contributed by atoms with Crippen LogP contribution in [0.4, 0.5) is 4.79 Å². The number of amides is 2. The Bertz CT molecular complexity index is 507. The van der Waals surface area contributed by atoms with Crippen molar-refractivity contribution in [1.29, 1.82) is 0 Å². The lowest BCUT2D eigenvalue weighted by atomic mass is 9.97. The molecule has 1 aromatic heterocycles. The Morgan fingerprint density at radius 2 is 2.19 bits per heavy atom. The lowest BCUT2D eigenvalue weighted by Crippen LogP contribution is -2.55. The molecule has 3 N–H and O–H groups in total. The van der Waals surface area contributed by atoms with E-state index in [9.17, 15) is 14.7 Å². The zero-order valence-corrected chi connectivity index (χ0v) is 12.5. The van der Waals surface area contributed by atoms with Crippen LogP contribution in [0, 0.1) is 0 Å². The van der Waals surface area contributed by atoms with Gasteiger partial charge in [0.15, 0.2) is 0 Å². The monoisotopic (exact) mass is 295 g/mol. The summed E-state index contributed by atoms with van der Waals surface area (Å²) in [6.07, 6.45) is 2.59. The summed E-state index contributed by atoms with van der Waals surface area (Å²) >= 11 is 0. The van der Waals surface area contributed by atoms with Crippen molar-refractivity contribution in [2.24, 2.45) is 0 Å². The smallest absolute Gasteiger partial charge is 0.329 e. The number of aromatic nitrogens is 1. The number of carboxylic acids is 1. The van der Waals surface area contributed by atoms with Crippen LogP contribution in [0.5, 0.6) is 5.88 Å². The third-order valence-corrected chi connectivity index (χ3v) is 3.07. The van der Waals surface area contributed by atoms with E-state index in [1.807, 2.05) is 6.92 Å². The first-order valence-corrected chi connectivity index (χ1v) is 6.69. The third kappa shape index (κ3) is 4.94. The van der Waals surface area contributed by atoms with Gasteiger partial charge >= 0.3 is 12.0 Å². The molecule has 0 aliphatic carbocycles. The van der Waals surface area contributed by atoms with Gasteiger partial charge < -0.3 is 20.5 Å². The lowest BCUT2D eigenvalue weighted by Gasteiger charge is -2.25. The topological polar surface area (TPSA) is 101 Å². The summed E-state index contributed by atoms with van der Waals surface area (Å²) in [6, 6.07) is 2.91. The number of hydrogen-bond donors (Lipinski definition) is 3. The number of carbonyl (C=O) groups excluding carboxylic acids is 1. The van der Waals surface area contributed by atoms with Crippen LogP contribution < -0.4 is 15.4 Å². The molecule has 116 valence electrons. The Labute approximate surface area is 123 Å². The molecule has 1 rings (SSSR count). The van der Waals surface area contributed by atoms with Crippen LogP contribution in [0.15, 0.2) is 18.3 Å². The van der Waals surface area contributed by atoms with Gasteiger partial charge in [-0.15, -0.1) is 0 Å². The molecule has 2 amide bonds. The van der Waals surface area contributed by atoms with Gasteiger partial charge in [0.2, 0.25) is 5.88 Å². The van der Waals surface area contributed by atoms with Gasteiger partial charge in [0.05, 0.1) is 7.11 Å². The van der Waals surface area contributed by atoms with Gasteiger partial charge in [0, 0.05) is 18.8 Å². The van der Waals surface area contributed by atoms with E-state index in [1.54, 1.807) is 18.3 Å². The normalized spacial score (nSPS) is 13.1. The van der Waals surface area contributed by atoms with Crippen LogP contribution in [0.3, 0.4) is 0 Å². The Morgan fingerprint density at radius 3 is 2.76 bits per heavy atom. The zero-order valence-electron chi connectivity index (χ0n) is 12.5. The molecule has 1 atom stereocenters. The molecule has 0 spiro atoms.